The number of carbonyl (C=O) groups is 2. The lowest BCUT2D eigenvalue weighted by Gasteiger charge is -2.33. The van der Waals surface area contributed by atoms with E-state index in [2.05, 4.69) is 21.2 Å². The predicted molar refractivity (Wildman–Crippen MR) is 140 cm³/mol. The molecule has 0 saturated heterocycles. The summed E-state index contributed by atoms with van der Waals surface area (Å²) in [6.45, 7) is 4.37. The van der Waals surface area contributed by atoms with Crippen molar-refractivity contribution in [3.8, 4) is 0 Å². The van der Waals surface area contributed by atoms with Crippen LogP contribution in [0.3, 0.4) is 0 Å². The number of halogens is 1. The monoisotopic (exact) mass is 551 g/mol. The zero-order valence-corrected chi connectivity index (χ0v) is 22.4. The van der Waals surface area contributed by atoms with Gasteiger partial charge in [0, 0.05) is 17.6 Å². The van der Waals surface area contributed by atoms with E-state index in [0.717, 1.165) is 33.4 Å². The fourth-order valence-electron chi connectivity index (χ4n) is 3.62. The Kier molecular flexibility index (Phi) is 11.0. The first kappa shape index (κ1) is 27.9. The number of nitrogens with one attached hydrogen (secondary N) is 1. The van der Waals surface area contributed by atoms with Crippen LogP contribution < -0.4 is 9.62 Å². The molecule has 0 radical (unpaired) electrons. The molecule has 34 heavy (non-hydrogen) atoms. The summed E-state index contributed by atoms with van der Waals surface area (Å²) < 4.78 is 27.0. The first-order valence-electron chi connectivity index (χ1n) is 11.5. The molecular weight excluding hydrogens is 518 g/mol. The molecule has 2 rings (SSSR count). The maximum atomic E-state index is 13.5. The van der Waals surface area contributed by atoms with Gasteiger partial charge in [0.1, 0.15) is 12.6 Å². The minimum Gasteiger partial charge on any atom is -0.354 e. The molecule has 0 spiro atoms. The summed E-state index contributed by atoms with van der Waals surface area (Å²) >= 11 is 3.34. The number of anilines is 1. The topological polar surface area (TPSA) is 86.8 Å². The Hall–Kier alpha value is -2.39. The molecule has 0 aliphatic carbocycles. The smallest absolute Gasteiger partial charge is 0.244 e. The van der Waals surface area contributed by atoms with Crippen molar-refractivity contribution in [2.24, 2.45) is 0 Å². The Labute approximate surface area is 211 Å². The lowest BCUT2D eigenvalue weighted by atomic mass is 10.1. The standard InChI is InChI=1S/C25H34BrN3O4S/c1-4-6-17-27-25(31)23(5-2)28(18-16-20-10-8-7-9-11-20)24(30)19-29(34(3,32)33)22-14-12-21(26)13-15-22/h7-15,23H,4-6,16-19H2,1-3H3,(H,27,31)/t23-/m1/s1. The summed E-state index contributed by atoms with van der Waals surface area (Å²) in [6, 6.07) is 15.8. The maximum Gasteiger partial charge on any atom is 0.244 e. The minimum absolute atomic E-state index is 0.216. The van der Waals surface area contributed by atoms with Crippen molar-refractivity contribution >= 4 is 43.5 Å². The first-order chi connectivity index (χ1) is 16.2. The zero-order chi connectivity index (χ0) is 25.1. The summed E-state index contributed by atoms with van der Waals surface area (Å²) in [7, 11) is -3.73. The highest BCUT2D eigenvalue weighted by atomic mass is 79.9. The molecule has 9 heteroatoms. The Morgan fingerprint density at radius 2 is 1.68 bits per heavy atom. The lowest BCUT2D eigenvalue weighted by Crippen LogP contribution is -2.53. The number of nitrogens with zero attached hydrogens (tertiary/aromatic N) is 2. The van der Waals surface area contributed by atoms with Crippen molar-refractivity contribution in [3.05, 3.63) is 64.6 Å². The number of unbranched alkanes of at least 4 members (excludes halogenated alkanes) is 1. The van der Waals surface area contributed by atoms with E-state index >= 15 is 0 Å². The van der Waals surface area contributed by atoms with E-state index in [1.807, 2.05) is 44.2 Å². The van der Waals surface area contributed by atoms with Crippen molar-refractivity contribution in [2.75, 3.05) is 30.2 Å². The predicted octanol–water partition coefficient (Wildman–Crippen LogP) is 3.98. The van der Waals surface area contributed by atoms with Crippen LogP contribution >= 0.6 is 15.9 Å². The molecule has 0 aliphatic heterocycles. The van der Waals surface area contributed by atoms with E-state index in [0.29, 0.717) is 31.6 Å². The van der Waals surface area contributed by atoms with E-state index in [4.69, 9.17) is 0 Å². The molecule has 2 amide bonds. The second-order valence-corrected chi connectivity index (χ2v) is 11.0. The molecule has 0 heterocycles. The van der Waals surface area contributed by atoms with Gasteiger partial charge in [0.25, 0.3) is 0 Å². The first-order valence-corrected chi connectivity index (χ1v) is 14.2. The van der Waals surface area contributed by atoms with Crippen LogP contribution in [0.15, 0.2) is 59.1 Å². The van der Waals surface area contributed by atoms with Crippen LogP contribution in [0.2, 0.25) is 0 Å². The van der Waals surface area contributed by atoms with Gasteiger partial charge in [-0.15, -0.1) is 0 Å². The molecule has 0 unspecified atom stereocenters. The quantitative estimate of drug-likeness (QED) is 0.381. The van der Waals surface area contributed by atoms with E-state index in [1.165, 1.54) is 4.90 Å². The van der Waals surface area contributed by atoms with Crippen LogP contribution in [0.4, 0.5) is 5.69 Å². The largest absolute Gasteiger partial charge is 0.354 e. The highest BCUT2D eigenvalue weighted by molar-refractivity contribution is 9.10. The fourth-order valence-corrected chi connectivity index (χ4v) is 4.74. The van der Waals surface area contributed by atoms with Crippen molar-refractivity contribution < 1.29 is 18.0 Å². The number of hydrogen-bond acceptors (Lipinski definition) is 4. The van der Waals surface area contributed by atoms with Crippen LogP contribution in [0.5, 0.6) is 0 Å². The Bertz CT molecular complexity index is 1030. The van der Waals surface area contributed by atoms with Gasteiger partial charge in [-0.3, -0.25) is 13.9 Å². The Morgan fingerprint density at radius 3 is 2.24 bits per heavy atom. The van der Waals surface area contributed by atoms with Gasteiger partial charge in [0.05, 0.1) is 11.9 Å². The summed E-state index contributed by atoms with van der Waals surface area (Å²) in [4.78, 5) is 28.0. The average Bonchev–Trinajstić information content (AvgIpc) is 2.80. The van der Waals surface area contributed by atoms with Gasteiger partial charge < -0.3 is 10.2 Å². The maximum absolute atomic E-state index is 13.5. The van der Waals surface area contributed by atoms with Gasteiger partial charge in [0.2, 0.25) is 21.8 Å². The van der Waals surface area contributed by atoms with E-state index in [1.54, 1.807) is 24.3 Å². The molecule has 0 aromatic heterocycles. The highest BCUT2D eigenvalue weighted by Crippen LogP contribution is 2.21. The number of carbonyl (C=O) groups excluding carboxylic acids is 2. The van der Waals surface area contributed by atoms with Crippen molar-refractivity contribution in [1.29, 1.82) is 0 Å². The van der Waals surface area contributed by atoms with Gasteiger partial charge >= 0.3 is 0 Å². The molecule has 186 valence electrons. The zero-order valence-electron chi connectivity index (χ0n) is 20.0. The molecular formula is C25H34BrN3O4S. The van der Waals surface area contributed by atoms with Gasteiger partial charge in [-0.25, -0.2) is 8.42 Å². The molecule has 0 saturated carbocycles. The number of rotatable bonds is 13. The fraction of sp³-hybridized carbons (Fsp3) is 0.440. The number of sulfonamides is 1. The second kappa shape index (κ2) is 13.5. The lowest BCUT2D eigenvalue weighted by molar-refractivity contribution is -0.139. The SMILES string of the molecule is CCCCNC(=O)[C@@H](CC)N(CCc1ccccc1)C(=O)CN(c1ccc(Br)cc1)S(C)(=O)=O. The molecule has 7 nitrogen and oxygen atoms in total. The minimum atomic E-state index is -3.73. The van der Waals surface area contributed by atoms with E-state index < -0.39 is 22.0 Å². The van der Waals surface area contributed by atoms with E-state index in [-0.39, 0.29) is 12.5 Å². The Morgan fingerprint density at radius 1 is 1.03 bits per heavy atom. The molecule has 2 aromatic carbocycles. The molecule has 1 atom stereocenters. The van der Waals surface area contributed by atoms with Crippen molar-refractivity contribution in [3.63, 3.8) is 0 Å². The van der Waals surface area contributed by atoms with Crippen LogP contribution in [0.1, 0.15) is 38.7 Å². The van der Waals surface area contributed by atoms with E-state index in [9.17, 15) is 18.0 Å². The van der Waals surface area contributed by atoms with Gasteiger partial charge in [0.15, 0.2) is 0 Å². The van der Waals surface area contributed by atoms with Crippen LogP contribution in [0, 0.1) is 0 Å². The highest BCUT2D eigenvalue weighted by Gasteiger charge is 2.31. The van der Waals surface area contributed by atoms with Crippen LogP contribution in [0.25, 0.3) is 0 Å². The number of amides is 2. The normalized spacial score (nSPS) is 12.1. The third kappa shape index (κ3) is 8.43. The number of hydrogen-bond donors (Lipinski definition) is 1. The van der Waals surface area contributed by atoms with Crippen LogP contribution in [-0.4, -0.2) is 57.1 Å². The summed E-state index contributed by atoms with van der Waals surface area (Å²) in [5.74, 6) is -0.631. The van der Waals surface area contributed by atoms with Crippen LogP contribution in [-0.2, 0) is 26.0 Å². The third-order valence-electron chi connectivity index (χ3n) is 5.49. The number of benzene rings is 2. The van der Waals surface area contributed by atoms with Gasteiger partial charge in [-0.2, -0.15) is 0 Å². The van der Waals surface area contributed by atoms with Gasteiger partial charge in [-0.05, 0) is 49.1 Å². The molecule has 2 aromatic rings. The molecule has 0 aliphatic rings. The second-order valence-electron chi connectivity index (χ2n) is 8.14. The summed E-state index contributed by atoms with van der Waals surface area (Å²) in [5, 5.41) is 2.92. The molecule has 0 bridgehead atoms. The van der Waals surface area contributed by atoms with Crippen molar-refractivity contribution in [1.82, 2.24) is 10.2 Å². The van der Waals surface area contributed by atoms with Gasteiger partial charge in [-0.1, -0.05) is 66.5 Å². The van der Waals surface area contributed by atoms with Crippen molar-refractivity contribution in [2.45, 2.75) is 45.6 Å². The molecule has 0 fully saturated rings. The summed E-state index contributed by atoms with van der Waals surface area (Å²) in [6.07, 6.45) is 3.86. The average molecular weight is 553 g/mol. The molecule has 1 N–H and O–H groups in total. The Balaban J connectivity index is 2.31. The third-order valence-corrected chi connectivity index (χ3v) is 7.16. The summed E-state index contributed by atoms with van der Waals surface area (Å²) in [5.41, 5.74) is 1.43.